The molecule has 0 amide bonds. The lowest BCUT2D eigenvalue weighted by Crippen LogP contribution is -2.41. The highest BCUT2D eigenvalue weighted by Crippen LogP contribution is 2.33. The molecule has 1 aliphatic rings. The molecule has 0 spiro atoms. The maximum atomic E-state index is 5.97. The van der Waals surface area contributed by atoms with Crippen LogP contribution < -0.4 is 10.1 Å². The zero-order valence-electron chi connectivity index (χ0n) is 13.1. The Bertz CT molecular complexity index is 411. The van der Waals surface area contributed by atoms with E-state index < -0.39 is 0 Å². The highest BCUT2D eigenvalue weighted by atomic mass is 16.6. The molecule has 4 heteroatoms. The molecule has 2 unspecified atom stereocenters. The van der Waals surface area contributed by atoms with Gasteiger partial charge in [-0.1, -0.05) is 38.5 Å². The maximum absolute atomic E-state index is 5.97. The van der Waals surface area contributed by atoms with Gasteiger partial charge >= 0.3 is 0 Å². The Balaban J connectivity index is 1.85. The SMILES string of the molecule is CCCCOCCOC1COc2ccccc2C1NCC. The molecule has 118 valence electrons. The monoisotopic (exact) mass is 293 g/mol. The first-order chi connectivity index (χ1) is 10.4. The van der Waals surface area contributed by atoms with Gasteiger partial charge in [0.15, 0.2) is 0 Å². The number of likely N-dealkylation sites (N-methyl/N-ethyl adjacent to an activating group) is 1. The second-order valence-electron chi connectivity index (χ2n) is 5.26. The fraction of sp³-hybridized carbons (Fsp3) is 0.647. The number of para-hydroxylation sites is 1. The van der Waals surface area contributed by atoms with Crippen LogP contribution >= 0.6 is 0 Å². The summed E-state index contributed by atoms with van der Waals surface area (Å²) in [6, 6.07) is 8.36. The molecule has 4 nitrogen and oxygen atoms in total. The first-order valence-corrected chi connectivity index (χ1v) is 8.01. The summed E-state index contributed by atoms with van der Waals surface area (Å²) in [6.07, 6.45) is 2.31. The summed E-state index contributed by atoms with van der Waals surface area (Å²) in [7, 11) is 0. The molecular formula is C17H27NO3. The van der Waals surface area contributed by atoms with Crippen LogP contribution in [0.5, 0.6) is 5.75 Å². The molecule has 1 aromatic rings. The van der Waals surface area contributed by atoms with Gasteiger partial charge in [0.1, 0.15) is 18.5 Å². The Hall–Kier alpha value is -1.10. The number of hydrogen-bond donors (Lipinski definition) is 1. The van der Waals surface area contributed by atoms with Crippen molar-refractivity contribution in [2.24, 2.45) is 0 Å². The Morgan fingerprint density at radius 2 is 2.05 bits per heavy atom. The van der Waals surface area contributed by atoms with Crippen LogP contribution in [0.15, 0.2) is 24.3 Å². The smallest absolute Gasteiger partial charge is 0.124 e. The second kappa shape index (κ2) is 9.03. The molecule has 1 aliphatic heterocycles. The number of nitrogens with one attached hydrogen (secondary N) is 1. The molecule has 1 aromatic carbocycles. The van der Waals surface area contributed by atoms with Gasteiger partial charge in [0, 0.05) is 12.2 Å². The van der Waals surface area contributed by atoms with Gasteiger partial charge < -0.3 is 19.5 Å². The molecule has 0 aromatic heterocycles. The normalized spacial score (nSPS) is 20.9. The standard InChI is InChI=1S/C17H27NO3/c1-3-5-10-19-11-12-20-16-13-21-15-9-7-6-8-14(15)17(16)18-4-2/h6-9,16-18H,3-5,10-13H2,1-2H3. The molecule has 21 heavy (non-hydrogen) atoms. The second-order valence-corrected chi connectivity index (χ2v) is 5.26. The summed E-state index contributed by atoms with van der Waals surface area (Å²) in [5, 5.41) is 3.51. The molecule has 2 atom stereocenters. The Labute approximate surface area is 127 Å². The van der Waals surface area contributed by atoms with Crippen molar-refractivity contribution in [1.82, 2.24) is 5.32 Å². The van der Waals surface area contributed by atoms with Gasteiger partial charge in [0.05, 0.1) is 19.3 Å². The van der Waals surface area contributed by atoms with Crippen molar-refractivity contribution in [2.75, 3.05) is 33.0 Å². The van der Waals surface area contributed by atoms with Crippen LogP contribution in [0.1, 0.15) is 38.3 Å². The van der Waals surface area contributed by atoms with Gasteiger partial charge in [-0.25, -0.2) is 0 Å². The summed E-state index contributed by atoms with van der Waals surface area (Å²) < 4.78 is 17.3. The zero-order chi connectivity index (χ0) is 14.9. The molecular weight excluding hydrogens is 266 g/mol. The summed E-state index contributed by atoms with van der Waals surface area (Å²) in [5.41, 5.74) is 1.18. The van der Waals surface area contributed by atoms with Gasteiger partial charge in [-0.3, -0.25) is 0 Å². The van der Waals surface area contributed by atoms with E-state index >= 15 is 0 Å². The molecule has 1 N–H and O–H groups in total. The highest BCUT2D eigenvalue weighted by molar-refractivity contribution is 5.38. The minimum Gasteiger partial charge on any atom is -0.490 e. The van der Waals surface area contributed by atoms with Crippen molar-refractivity contribution in [3.8, 4) is 5.75 Å². The molecule has 0 radical (unpaired) electrons. The van der Waals surface area contributed by atoms with Crippen molar-refractivity contribution in [3.63, 3.8) is 0 Å². The molecule has 0 bridgehead atoms. The number of rotatable bonds is 9. The van der Waals surface area contributed by atoms with Crippen molar-refractivity contribution in [3.05, 3.63) is 29.8 Å². The molecule has 0 fully saturated rings. The maximum Gasteiger partial charge on any atom is 0.124 e. The Morgan fingerprint density at radius 1 is 1.19 bits per heavy atom. The van der Waals surface area contributed by atoms with Crippen LogP contribution in [0.25, 0.3) is 0 Å². The molecule has 1 heterocycles. The van der Waals surface area contributed by atoms with Crippen LogP contribution in [0.4, 0.5) is 0 Å². The van der Waals surface area contributed by atoms with Gasteiger partial charge in [-0.05, 0) is 19.0 Å². The highest BCUT2D eigenvalue weighted by Gasteiger charge is 2.30. The lowest BCUT2D eigenvalue weighted by atomic mass is 9.98. The van der Waals surface area contributed by atoms with Gasteiger partial charge in [0.2, 0.25) is 0 Å². The quantitative estimate of drug-likeness (QED) is 0.711. The molecule has 0 saturated carbocycles. The topological polar surface area (TPSA) is 39.7 Å². The van der Waals surface area contributed by atoms with E-state index in [-0.39, 0.29) is 12.1 Å². The lowest BCUT2D eigenvalue weighted by Gasteiger charge is -2.34. The Morgan fingerprint density at radius 3 is 2.86 bits per heavy atom. The van der Waals surface area contributed by atoms with E-state index in [1.165, 1.54) is 5.56 Å². The fourth-order valence-corrected chi connectivity index (χ4v) is 2.55. The average molecular weight is 293 g/mol. The third-order valence-electron chi connectivity index (χ3n) is 3.65. The summed E-state index contributed by atoms with van der Waals surface area (Å²) in [5.74, 6) is 0.961. The van der Waals surface area contributed by atoms with Crippen LogP contribution in [-0.2, 0) is 9.47 Å². The zero-order valence-corrected chi connectivity index (χ0v) is 13.1. The average Bonchev–Trinajstić information content (AvgIpc) is 2.52. The van der Waals surface area contributed by atoms with Gasteiger partial charge in [-0.15, -0.1) is 0 Å². The predicted octanol–water partition coefficient (Wildman–Crippen LogP) is 2.93. The lowest BCUT2D eigenvalue weighted by molar-refractivity contribution is -0.0397. The number of fused-ring (bicyclic) bond motifs is 1. The van der Waals surface area contributed by atoms with E-state index in [4.69, 9.17) is 14.2 Å². The van der Waals surface area contributed by atoms with E-state index in [0.717, 1.165) is 31.7 Å². The van der Waals surface area contributed by atoms with E-state index in [1.54, 1.807) is 0 Å². The number of benzene rings is 1. The third kappa shape index (κ3) is 4.70. The minimum absolute atomic E-state index is 0.0367. The van der Waals surface area contributed by atoms with Crippen molar-refractivity contribution in [1.29, 1.82) is 0 Å². The fourth-order valence-electron chi connectivity index (χ4n) is 2.55. The van der Waals surface area contributed by atoms with Crippen LogP contribution in [0, 0.1) is 0 Å². The molecule has 2 rings (SSSR count). The number of unbranched alkanes of at least 4 members (excludes halogenated alkanes) is 1. The molecule has 0 aliphatic carbocycles. The van der Waals surface area contributed by atoms with E-state index in [1.807, 2.05) is 18.2 Å². The first kappa shape index (κ1) is 16.3. The molecule has 0 saturated heterocycles. The first-order valence-electron chi connectivity index (χ1n) is 8.01. The third-order valence-corrected chi connectivity index (χ3v) is 3.65. The van der Waals surface area contributed by atoms with E-state index in [2.05, 4.69) is 25.2 Å². The van der Waals surface area contributed by atoms with Crippen molar-refractivity contribution < 1.29 is 14.2 Å². The van der Waals surface area contributed by atoms with E-state index in [9.17, 15) is 0 Å². The van der Waals surface area contributed by atoms with Gasteiger partial charge in [-0.2, -0.15) is 0 Å². The van der Waals surface area contributed by atoms with Crippen LogP contribution in [-0.4, -0.2) is 39.1 Å². The number of ether oxygens (including phenoxy) is 3. The van der Waals surface area contributed by atoms with Gasteiger partial charge in [0.25, 0.3) is 0 Å². The summed E-state index contributed by atoms with van der Waals surface area (Å²) >= 11 is 0. The van der Waals surface area contributed by atoms with E-state index in [0.29, 0.717) is 19.8 Å². The Kier molecular flexibility index (Phi) is 7.00. The van der Waals surface area contributed by atoms with Crippen LogP contribution in [0.3, 0.4) is 0 Å². The minimum atomic E-state index is 0.0367. The number of hydrogen-bond acceptors (Lipinski definition) is 4. The van der Waals surface area contributed by atoms with Crippen molar-refractivity contribution in [2.45, 2.75) is 38.8 Å². The van der Waals surface area contributed by atoms with Crippen LogP contribution in [0.2, 0.25) is 0 Å². The largest absolute Gasteiger partial charge is 0.490 e. The van der Waals surface area contributed by atoms with Crippen molar-refractivity contribution >= 4 is 0 Å². The summed E-state index contributed by atoms with van der Waals surface area (Å²) in [4.78, 5) is 0. The summed E-state index contributed by atoms with van der Waals surface area (Å²) in [6.45, 7) is 7.86. The predicted molar refractivity (Wildman–Crippen MR) is 83.8 cm³/mol.